The first kappa shape index (κ1) is 106. The summed E-state index contributed by atoms with van der Waals surface area (Å²) in [5.74, 6) is 3.22. The van der Waals surface area contributed by atoms with Gasteiger partial charge < -0.3 is 67.8 Å². The van der Waals surface area contributed by atoms with Gasteiger partial charge in [0.05, 0.1) is 110 Å². The Labute approximate surface area is 756 Å². The van der Waals surface area contributed by atoms with Crippen molar-refractivity contribution in [3.05, 3.63) is 222 Å². The number of rotatable bonds is 26. The van der Waals surface area contributed by atoms with Gasteiger partial charge in [0.25, 0.3) is 0 Å². The molecule has 118 heavy (non-hydrogen) atoms. The highest BCUT2D eigenvalue weighted by Gasteiger charge is 2.49. The van der Waals surface area contributed by atoms with E-state index < -0.39 is 68.1 Å². The molecule has 7 aromatic carbocycles. The van der Waals surface area contributed by atoms with Crippen LogP contribution in [-0.4, -0.2) is 165 Å². The molecule has 21 nitrogen and oxygen atoms in total. The molecule has 5 atom stereocenters. The van der Waals surface area contributed by atoms with E-state index in [2.05, 4.69) is 59.3 Å². The topological polar surface area (TPSA) is 240 Å². The highest BCUT2D eigenvalue weighted by molar-refractivity contribution is 7.85. The number of hydrogen-bond acceptors (Lipinski definition) is 18. The minimum atomic E-state index is -1.41. The van der Waals surface area contributed by atoms with Crippen LogP contribution in [0.25, 0.3) is 0 Å². The molecule has 2 amide bonds. The van der Waals surface area contributed by atoms with Gasteiger partial charge in [0.2, 0.25) is 11.5 Å². The lowest BCUT2D eigenvalue weighted by atomic mass is 9.83. The van der Waals surface area contributed by atoms with Crippen molar-refractivity contribution in [1.82, 2.24) is 20.0 Å². The zero-order chi connectivity index (χ0) is 82.6. The Morgan fingerprint density at radius 3 is 1.31 bits per heavy atom. The predicted octanol–water partition coefficient (Wildman–Crippen LogP) is 18.1. The maximum atomic E-state index is 13.8. The number of piperidine rings is 2. The Balaban J connectivity index is 0.000000462. The number of carbonyl (C=O) groups is 3. The smallest absolute Gasteiger partial charge is 0.410 e. The Morgan fingerprint density at radius 2 is 0.924 bits per heavy atom. The lowest BCUT2D eigenvalue weighted by molar-refractivity contribution is -0.147. The number of carboxylic acid groups (broad SMARTS) is 1. The molecule has 0 saturated carbocycles. The summed E-state index contributed by atoms with van der Waals surface area (Å²) >= 11 is 25.6. The monoisotopic (exact) mass is 1840 g/mol. The van der Waals surface area contributed by atoms with Crippen LogP contribution in [0, 0.1) is 0 Å². The number of ether oxygens (including phenoxy) is 10. The first-order valence-electron chi connectivity index (χ1n) is 37.2. The maximum absolute atomic E-state index is 13.8. The summed E-state index contributed by atoms with van der Waals surface area (Å²) in [6.07, 6.45) is 4.75. The molecule has 32 heteroatoms. The molecule has 2 saturated heterocycles. The molecule has 0 radical (unpaired) electrons. The van der Waals surface area contributed by atoms with Crippen LogP contribution >= 0.6 is 114 Å². The number of fused-ring (bicyclic) bond motifs is 4. The second-order valence-electron chi connectivity index (χ2n) is 30.1. The first-order valence-corrected chi connectivity index (χ1v) is 41.4. The average molecular weight is 1850 g/mol. The minimum absolute atomic E-state index is 0. The number of halogens is 4. The molecule has 3 N–H and O–H groups in total. The van der Waals surface area contributed by atoms with E-state index in [0.29, 0.717) is 78.7 Å². The van der Waals surface area contributed by atoms with Gasteiger partial charge in [-0.05, 0) is 218 Å². The summed E-state index contributed by atoms with van der Waals surface area (Å²) in [6.45, 7) is 20.0. The lowest BCUT2D eigenvalue weighted by Crippen LogP contribution is -2.52. The number of aliphatic hydroxyl groups excluding tert-OH is 1. The number of likely N-dealkylation sites (N-methyl/N-ethyl adjacent to an activating group) is 2. The fourth-order valence-electron chi connectivity index (χ4n) is 14.7. The molecule has 0 bridgehead atoms. The summed E-state index contributed by atoms with van der Waals surface area (Å²) in [4.78, 5) is 42.9. The van der Waals surface area contributed by atoms with Crippen LogP contribution < -0.4 is 33.7 Å². The van der Waals surface area contributed by atoms with Gasteiger partial charge in [0.15, 0.2) is 29.1 Å². The van der Waals surface area contributed by atoms with Gasteiger partial charge in [-0.2, -0.15) is 67.5 Å². The Kier molecular flexibility index (Phi) is 43.4. The van der Waals surface area contributed by atoms with Crippen LogP contribution in [0.4, 0.5) is 9.59 Å². The number of carbonyl (C=O) groups excluding carboxylic acids is 2. The number of nitrogens with one attached hydrogen (secondary N) is 1. The molecule has 2 unspecified atom stereocenters. The number of methoxy groups -OCH3 is 6. The van der Waals surface area contributed by atoms with E-state index >= 15 is 0 Å². The van der Waals surface area contributed by atoms with Crippen molar-refractivity contribution < 1.29 is 80.4 Å². The second-order valence-corrected chi connectivity index (χ2v) is 35.2. The van der Waals surface area contributed by atoms with Crippen molar-refractivity contribution in [3.63, 3.8) is 0 Å². The molecule has 654 valence electrons. The van der Waals surface area contributed by atoms with Gasteiger partial charge in [0, 0.05) is 47.2 Å². The average Bonchev–Trinajstić information content (AvgIpc) is 1.57. The first-order chi connectivity index (χ1) is 53.7. The van der Waals surface area contributed by atoms with E-state index in [9.17, 15) is 22.8 Å². The number of nitrogens with zero attached hydrogens (tertiary/aromatic N) is 3. The maximum Gasteiger partial charge on any atom is 0.410 e. The minimum Gasteiger partial charge on any atom is -0.493 e. The second kappa shape index (κ2) is 48.2. The third-order valence-electron chi connectivity index (χ3n) is 20.6. The predicted molar refractivity (Wildman–Crippen MR) is 498 cm³/mol. The largest absolute Gasteiger partial charge is 0.493 e. The van der Waals surface area contributed by atoms with Crippen molar-refractivity contribution in [3.8, 4) is 34.5 Å². The van der Waals surface area contributed by atoms with Gasteiger partial charge >= 0.3 is 18.2 Å². The van der Waals surface area contributed by atoms with Gasteiger partial charge in [-0.1, -0.05) is 143 Å². The molecule has 2 fully saturated rings. The standard InChI is InChI=1S/C39H50Cl2N2O7S.C27H35Cl2NO6.C12H15NOS.C8H8O3.5H2S/c1-37(2,3)50-36(44)42(4)38(29-13-14-31(40)32(41)23-29,26-49-24-27-21-33(46-5)35(48-7)34(22-27)47-6)15-10-18-43-19-16-39(17-20-43)30-12-9-8-11-28(30)25-51(39)45;1-9-12-27(19-10-11-20(28)21(29)15-19,30(5)25(31)36-26(2,3)4)17-35-16-18-13-22(32-6)24(34-8)23(14-18)33-7;14-15-9-10-3-1-2-4-11(10)12(15)5-7-13-8-6-12;9-7(8(10)11)6-4-2-1-3-5-6;;;;;/h8-9,11-14,21-23H,10,15-20,24-26H2,1-7H3;9-11,13-15H,1,12,16-17H2,2-8H3;1-4,13H,5-9H2;1-5,7,9H,(H,10,11);5*1H2/t38-,51?;27-;;7-;;;;;/m11.0...../s1. The van der Waals surface area contributed by atoms with E-state index in [1.807, 2.05) is 90.1 Å². The fourth-order valence-corrected chi connectivity index (χ4v) is 19.1. The summed E-state index contributed by atoms with van der Waals surface area (Å²) in [5.41, 5.74) is 5.31. The van der Waals surface area contributed by atoms with Crippen LogP contribution in [0.5, 0.6) is 34.5 Å². The number of carboxylic acids is 1. The molecule has 4 aliphatic heterocycles. The van der Waals surface area contributed by atoms with Gasteiger partial charge in [0.1, 0.15) is 11.2 Å². The zero-order valence-corrected chi connectivity index (χ0v) is 79.2. The molecule has 2 spiro atoms. The van der Waals surface area contributed by atoms with Crippen LogP contribution in [0.1, 0.15) is 143 Å². The zero-order valence-electron chi connectivity index (χ0n) is 69.6. The number of hydrogen-bond donors (Lipinski definition) is 3. The molecular weight excluding hydrogens is 1730 g/mol. The SMILES string of the molecule is C=CC[C@@](COCc1cc(OC)c(OC)c(OC)c1)(c1ccc(Cl)c(Cl)c1)N(C)C(=O)OC(C)(C)C.COc1cc(COC[C@](CCCN2CCC3(CC2)c2ccccc2CS3=O)(c2ccc(Cl)c(Cl)c2)N(C)C(=O)OC(C)(C)C)cc(OC)c1OC.O=C(O)[C@@H](O)c1ccccc1.O=S1Cc2ccccc2C12CCNCC2.S.S.S.S.S. The molecule has 0 aliphatic carbocycles. The Morgan fingerprint density at radius 1 is 0.542 bits per heavy atom. The van der Waals surface area contributed by atoms with Crippen molar-refractivity contribution in [2.24, 2.45) is 0 Å². The summed E-state index contributed by atoms with van der Waals surface area (Å²) in [6, 6.07) is 43.1. The lowest BCUT2D eigenvalue weighted by Gasteiger charge is -2.43. The summed E-state index contributed by atoms with van der Waals surface area (Å²) < 4.78 is 82.6. The third-order valence-corrected chi connectivity index (χ3v) is 26.3. The van der Waals surface area contributed by atoms with Gasteiger partial charge in [-0.15, -0.1) is 6.58 Å². The number of likely N-dealkylation sites (tertiary alicyclic amines) is 1. The van der Waals surface area contributed by atoms with Crippen LogP contribution in [-0.2, 0) is 90.6 Å². The highest BCUT2D eigenvalue weighted by Crippen LogP contribution is 2.49. The summed E-state index contributed by atoms with van der Waals surface area (Å²) in [5, 5.41) is 22.3. The Hall–Kier alpha value is -5.90. The number of aliphatic carboxylic acids is 1. The third kappa shape index (κ3) is 26.3. The number of amides is 2. The van der Waals surface area contributed by atoms with Crippen molar-refractivity contribution in [2.75, 3.05) is 103 Å². The molecular formula is C86H118Cl4N4O17S7. The van der Waals surface area contributed by atoms with E-state index in [1.165, 1.54) is 27.2 Å². The van der Waals surface area contributed by atoms with Gasteiger partial charge in [-0.25, -0.2) is 14.4 Å². The fraction of sp³-hybridized carbons (Fsp3) is 0.453. The van der Waals surface area contributed by atoms with Gasteiger partial charge in [-0.3, -0.25) is 18.2 Å². The van der Waals surface area contributed by atoms with E-state index in [4.69, 9.17) is 104 Å². The molecule has 4 heterocycles. The molecule has 4 aliphatic rings. The number of benzene rings is 7. The van der Waals surface area contributed by atoms with Crippen molar-refractivity contribution in [1.29, 1.82) is 0 Å². The van der Waals surface area contributed by atoms with E-state index in [1.54, 1.807) is 116 Å². The van der Waals surface area contributed by atoms with Crippen LogP contribution in [0.2, 0.25) is 20.1 Å². The van der Waals surface area contributed by atoms with Crippen molar-refractivity contribution in [2.45, 2.75) is 149 Å². The van der Waals surface area contributed by atoms with E-state index in [-0.39, 0.29) is 103 Å². The quantitative estimate of drug-likeness (QED) is 0.0427. The van der Waals surface area contributed by atoms with Crippen LogP contribution in [0.15, 0.2) is 152 Å². The van der Waals surface area contributed by atoms with Crippen LogP contribution in [0.3, 0.4) is 0 Å². The summed E-state index contributed by atoms with van der Waals surface area (Å²) in [7, 11) is 11.1. The normalized spacial score (nSPS) is 16.5. The number of aliphatic hydroxyl groups is 1. The molecule has 0 aromatic heterocycles. The van der Waals surface area contributed by atoms with E-state index in [0.717, 1.165) is 92.8 Å². The molecule has 7 aromatic rings. The molecule has 11 rings (SSSR count). The Bertz CT molecular complexity index is 4410. The van der Waals surface area contributed by atoms with Crippen molar-refractivity contribution >= 4 is 154 Å². The highest BCUT2D eigenvalue weighted by atomic mass is 35.5.